The molecule has 0 saturated heterocycles. The van der Waals surface area contributed by atoms with Crippen LogP contribution in [0.3, 0.4) is 0 Å². The van der Waals surface area contributed by atoms with Crippen molar-refractivity contribution in [2.45, 2.75) is 4.90 Å². The van der Waals surface area contributed by atoms with Crippen LogP contribution in [-0.4, -0.2) is 15.0 Å². The Kier molecular flexibility index (Phi) is 4.22. The highest BCUT2D eigenvalue weighted by molar-refractivity contribution is 7.87. The van der Waals surface area contributed by atoms with Crippen molar-refractivity contribution in [1.82, 2.24) is 0 Å². The van der Waals surface area contributed by atoms with Gasteiger partial charge in [0, 0.05) is 5.56 Å². The summed E-state index contributed by atoms with van der Waals surface area (Å²) < 4.78 is 36.2. The minimum atomic E-state index is -3.95. The largest absolute Gasteiger partial charge is 0.485 e. The Morgan fingerprint density at radius 1 is 0.808 bits per heavy atom. The minimum absolute atomic E-state index is 0.0983. The third-order valence-electron chi connectivity index (χ3n) is 4.08. The SMILES string of the molecule is O=S(=O)(Oc1cccc2c1OCC=C2)c1ccc(-c2ccccc2)cc1. The summed E-state index contributed by atoms with van der Waals surface area (Å²) in [4.78, 5) is 0.0983. The molecule has 0 bridgehead atoms. The van der Waals surface area contributed by atoms with Crippen molar-refractivity contribution in [2.24, 2.45) is 0 Å². The molecular weight excluding hydrogens is 348 g/mol. The van der Waals surface area contributed by atoms with Crippen LogP contribution in [-0.2, 0) is 10.1 Å². The maximum absolute atomic E-state index is 12.6. The summed E-state index contributed by atoms with van der Waals surface area (Å²) in [5.74, 6) is 0.637. The fraction of sp³-hybridized carbons (Fsp3) is 0.0476. The van der Waals surface area contributed by atoms with E-state index in [0.717, 1.165) is 16.7 Å². The Morgan fingerprint density at radius 3 is 2.31 bits per heavy atom. The maximum atomic E-state index is 12.6. The molecule has 0 fully saturated rings. The van der Waals surface area contributed by atoms with E-state index in [9.17, 15) is 8.42 Å². The number of fused-ring (bicyclic) bond motifs is 1. The molecule has 4 rings (SSSR count). The molecule has 3 aromatic rings. The highest BCUT2D eigenvalue weighted by atomic mass is 32.2. The van der Waals surface area contributed by atoms with Gasteiger partial charge in [-0.05, 0) is 35.4 Å². The number of hydrogen-bond donors (Lipinski definition) is 0. The van der Waals surface area contributed by atoms with Gasteiger partial charge in [-0.1, -0.05) is 60.7 Å². The molecule has 1 heterocycles. The zero-order chi connectivity index (χ0) is 18.0. The van der Waals surface area contributed by atoms with Gasteiger partial charge < -0.3 is 8.92 Å². The molecule has 1 aliphatic rings. The average Bonchev–Trinajstić information content (AvgIpc) is 2.69. The molecule has 0 atom stereocenters. The first-order chi connectivity index (χ1) is 12.6. The third kappa shape index (κ3) is 3.21. The second kappa shape index (κ2) is 6.69. The van der Waals surface area contributed by atoms with Gasteiger partial charge in [0.05, 0.1) is 0 Å². The molecule has 26 heavy (non-hydrogen) atoms. The molecule has 0 radical (unpaired) electrons. The molecule has 1 aliphatic heterocycles. The van der Waals surface area contributed by atoms with Crippen molar-refractivity contribution in [2.75, 3.05) is 6.61 Å². The molecule has 0 aromatic heterocycles. The fourth-order valence-electron chi connectivity index (χ4n) is 2.80. The van der Waals surface area contributed by atoms with Gasteiger partial charge in [-0.15, -0.1) is 0 Å². The quantitative estimate of drug-likeness (QED) is 0.639. The average molecular weight is 364 g/mol. The summed E-state index contributed by atoms with van der Waals surface area (Å²) in [7, 11) is -3.95. The molecule has 0 aliphatic carbocycles. The van der Waals surface area contributed by atoms with Gasteiger partial charge in [0.25, 0.3) is 0 Å². The van der Waals surface area contributed by atoms with E-state index in [4.69, 9.17) is 8.92 Å². The molecule has 5 heteroatoms. The van der Waals surface area contributed by atoms with Gasteiger partial charge in [0.1, 0.15) is 11.5 Å². The van der Waals surface area contributed by atoms with Crippen LogP contribution in [0.5, 0.6) is 11.5 Å². The number of ether oxygens (including phenoxy) is 1. The minimum Gasteiger partial charge on any atom is -0.485 e. The van der Waals surface area contributed by atoms with E-state index in [1.54, 1.807) is 36.4 Å². The van der Waals surface area contributed by atoms with Crippen LogP contribution in [0.2, 0.25) is 0 Å². The molecule has 0 saturated carbocycles. The van der Waals surface area contributed by atoms with Crippen molar-refractivity contribution in [3.63, 3.8) is 0 Å². The van der Waals surface area contributed by atoms with Gasteiger partial charge in [-0.2, -0.15) is 8.42 Å². The molecule has 0 spiro atoms. The normalized spacial score (nSPS) is 12.9. The molecule has 0 unspecified atom stereocenters. The standard InChI is InChI=1S/C21H16O4S/c22-26(23,25-20-10-4-8-18-9-5-15-24-21(18)20)19-13-11-17(12-14-19)16-6-2-1-3-7-16/h1-14H,15H2. The van der Waals surface area contributed by atoms with E-state index < -0.39 is 10.1 Å². The van der Waals surface area contributed by atoms with Crippen LogP contribution < -0.4 is 8.92 Å². The van der Waals surface area contributed by atoms with Crippen LogP contribution in [0.4, 0.5) is 0 Å². The topological polar surface area (TPSA) is 52.6 Å². The predicted octanol–water partition coefficient (Wildman–Crippen LogP) is 4.53. The van der Waals surface area contributed by atoms with Crippen molar-refractivity contribution in [3.8, 4) is 22.6 Å². The summed E-state index contributed by atoms with van der Waals surface area (Å²) in [5.41, 5.74) is 2.76. The Morgan fingerprint density at radius 2 is 1.54 bits per heavy atom. The lowest BCUT2D eigenvalue weighted by molar-refractivity contribution is 0.343. The van der Waals surface area contributed by atoms with Gasteiger partial charge in [-0.25, -0.2) is 0 Å². The van der Waals surface area contributed by atoms with Gasteiger partial charge in [0.15, 0.2) is 11.5 Å². The van der Waals surface area contributed by atoms with Crippen LogP contribution in [0.25, 0.3) is 17.2 Å². The molecule has 4 nitrogen and oxygen atoms in total. The lowest BCUT2D eigenvalue weighted by atomic mass is 10.1. The highest BCUT2D eigenvalue weighted by Gasteiger charge is 2.21. The lowest BCUT2D eigenvalue weighted by Gasteiger charge is -2.16. The summed E-state index contributed by atoms with van der Waals surface area (Å²) in [6.07, 6.45) is 3.75. The number of benzene rings is 3. The van der Waals surface area contributed by atoms with Gasteiger partial charge in [-0.3, -0.25) is 0 Å². The Balaban J connectivity index is 1.63. The van der Waals surface area contributed by atoms with Gasteiger partial charge in [0.2, 0.25) is 0 Å². The Bertz CT molecular complexity index is 1050. The van der Waals surface area contributed by atoms with Gasteiger partial charge >= 0.3 is 10.1 Å². The van der Waals surface area contributed by atoms with E-state index in [-0.39, 0.29) is 10.6 Å². The monoisotopic (exact) mass is 364 g/mol. The van der Waals surface area contributed by atoms with E-state index in [0.29, 0.717) is 12.4 Å². The van der Waals surface area contributed by atoms with Crippen molar-refractivity contribution >= 4 is 16.2 Å². The molecular formula is C21H16O4S. The molecule has 130 valence electrons. The maximum Gasteiger partial charge on any atom is 0.339 e. The zero-order valence-corrected chi connectivity index (χ0v) is 14.6. The predicted molar refractivity (Wildman–Crippen MR) is 101 cm³/mol. The molecule has 0 N–H and O–H groups in total. The Hall–Kier alpha value is -3.05. The first-order valence-corrected chi connectivity index (χ1v) is 9.57. The van der Waals surface area contributed by atoms with Crippen molar-refractivity contribution < 1.29 is 17.3 Å². The third-order valence-corrected chi connectivity index (χ3v) is 5.33. The second-order valence-electron chi connectivity index (χ2n) is 5.82. The smallest absolute Gasteiger partial charge is 0.339 e. The first kappa shape index (κ1) is 16.4. The highest BCUT2D eigenvalue weighted by Crippen LogP contribution is 2.36. The number of para-hydroxylation sites is 1. The van der Waals surface area contributed by atoms with E-state index in [2.05, 4.69) is 0 Å². The van der Waals surface area contributed by atoms with Crippen LogP contribution >= 0.6 is 0 Å². The summed E-state index contributed by atoms with van der Waals surface area (Å²) >= 11 is 0. The summed E-state index contributed by atoms with van der Waals surface area (Å²) in [5, 5.41) is 0. The first-order valence-electron chi connectivity index (χ1n) is 8.16. The van der Waals surface area contributed by atoms with E-state index in [1.165, 1.54) is 0 Å². The fourth-order valence-corrected chi connectivity index (χ4v) is 3.73. The van der Waals surface area contributed by atoms with E-state index in [1.807, 2.05) is 48.6 Å². The second-order valence-corrected chi connectivity index (χ2v) is 7.36. The summed E-state index contributed by atoms with van der Waals surface area (Å²) in [6, 6.07) is 21.6. The lowest BCUT2D eigenvalue weighted by Crippen LogP contribution is -2.12. The zero-order valence-electron chi connectivity index (χ0n) is 13.8. The van der Waals surface area contributed by atoms with Crippen LogP contribution in [0, 0.1) is 0 Å². The summed E-state index contributed by atoms with van der Waals surface area (Å²) in [6.45, 7) is 0.388. The van der Waals surface area contributed by atoms with Crippen molar-refractivity contribution in [3.05, 3.63) is 84.4 Å². The number of hydrogen-bond acceptors (Lipinski definition) is 4. The van der Waals surface area contributed by atoms with Crippen LogP contribution in [0.15, 0.2) is 83.8 Å². The van der Waals surface area contributed by atoms with Crippen molar-refractivity contribution in [1.29, 1.82) is 0 Å². The van der Waals surface area contributed by atoms with Crippen LogP contribution in [0.1, 0.15) is 5.56 Å². The van der Waals surface area contributed by atoms with E-state index >= 15 is 0 Å². The Labute approximate surface area is 152 Å². The number of rotatable bonds is 4. The molecule has 0 amide bonds. The molecule has 3 aromatic carbocycles.